The zero-order chi connectivity index (χ0) is 26.3. The number of benzene rings is 2. The number of anilines is 3. The number of aromatic amines is 1. The van der Waals surface area contributed by atoms with Crippen LogP contribution in [0.4, 0.5) is 21.6 Å². The van der Waals surface area contributed by atoms with Crippen LogP contribution in [-0.4, -0.2) is 52.6 Å². The van der Waals surface area contributed by atoms with E-state index in [1.54, 1.807) is 24.3 Å². The van der Waals surface area contributed by atoms with Gasteiger partial charge in [-0.25, -0.2) is 9.37 Å². The summed E-state index contributed by atoms with van der Waals surface area (Å²) in [4.78, 5) is 35.6. The van der Waals surface area contributed by atoms with Gasteiger partial charge in [0.1, 0.15) is 11.6 Å². The van der Waals surface area contributed by atoms with Crippen molar-refractivity contribution in [2.75, 3.05) is 36.9 Å². The molecule has 1 saturated heterocycles. The van der Waals surface area contributed by atoms with Crippen LogP contribution >= 0.6 is 23.2 Å². The molecule has 3 N–H and O–H groups in total. The number of carbonyl (C=O) groups is 1. The number of morpholine rings is 1. The molecule has 11 heteroatoms. The van der Waals surface area contributed by atoms with Crippen molar-refractivity contribution in [2.45, 2.75) is 19.4 Å². The van der Waals surface area contributed by atoms with Gasteiger partial charge in [-0.3, -0.25) is 14.5 Å². The predicted octanol–water partition coefficient (Wildman–Crippen LogP) is 5.32. The SMILES string of the molecule is CC(C)(C(=O)Nc1ccc2nc(Nc3c(Cl)cc(F)cc3Cl)c3cc[nH]c(=O)c3c2c1)N1CCOCC1. The van der Waals surface area contributed by atoms with E-state index in [0.717, 1.165) is 12.1 Å². The van der Waals surface area contributed by atoms with Gasteiger partial charge in [-0.15, -0.1) is 0 Å². The lowest BCUT2D eigenvalue weighted by molar-refractivity contribution is -0.129. The van der Waals surface area contributed by atoms with E-state index < -0.39 is 11.4 Å². The summed E-state index contributed by atoms with van der Waals surface area (Å²) in [6.45, 7) is 6.25. The van der Waals surface area contributed by atoms with E-state index in [1.165, 1.54) is 6.20 Å². The van der Waals surface area contributed by atoms with Crippen LogP contribution < -0.4 is 16.2 Å². The summed E-state index contributed by atoms with van der Waals surface area (Å²) in [6, 6.07) is 9.15. The van der Waals surface area contributed by atoms with E-state index >= 15 is 0 Å². The van der Waals surface area contributed by atoms with Gasteiger partial charge >= 0.3 is 0 Å². The van der Waals surface area contributed by atoms with Gasteiger partial charge in [-0.1, -0.05) is 23.2 Å². The van der Waals surface area contributed by atoms with Crippen molar-refractivity contribution in [2.24, 2.45) is 0 Å². The highest BCUT2D eigenvalue weighted by Crippen LogP contribution is 2.36. The first-order chi connectivity index (χ1) is 17.6. The van der Waals surface area contributed by atoms with Crippen LogP contribution in [0.2, 0.25) is 10.0 Å². The molecule has 37 heavy (non-hydrogen) atoms. The summed E-state index contributed by atoms with van der Waals surface area (Å²) < 4.78 is 19.1. The Hall–Kier alpha value is -3.24. The predicted molar refractivity (Wildman–Crippen MR) is 145 cm³/mol. The van der Waals surface area contributed by atoms with Gasteiger partial charge in [0.15, 0.2) is 0 Å². The van der Waals surface area contributed by atoms with Gasteiger partial charge in [0.2, 0.25) is 5.91 Å². The first-order valence-corrected chi connectivity index (χ1v) is 12.4. The zero-order valence-corrected chi connectivity index (χ0v) is 21.6. The first kappa shape index (κ1) is 25.4. The number of carbonyl (C=O) groups excluding carboxylic acids is 1. The van der Waals surface area contributed by atoms with Gasteiger partial charge in [0.25, 0.3) is 5.56 Å². The fourth-order valence-corrected chi connectivity index (χ4v) is 5.02. The minimum absolute atomic E-state index is 0.0748. The lowest BCUT2D eigenvalue weighted by atomic mass is 10.0. The number of hydrogen-bond donors (Lipinski definition) is 3. The Morgan fingerprint density at radius 2 is 1.81 bits per heavy atom. The number of hydrogen-bond acceptors (Lipinski definition) is 6. The normalized spacial score (nSPS) is 14.7. The molecule has 2 aromatic heterocycles. The summed E-state index contributed by atoms with van der Waals surface area (Å²) >= 11 is 12.4. The van der Waals surface area contributed by atoms with Crippen molar-refractivity contribution >= 4 is 68.0 Å². The Bertz CT molecular complexity index is 1560. The molecule has 1 aliphatic rings. The van der Waals surface area contributed by atoms with Crippen LogP contribution in [-0.2, 0) is 9.53 Å². The molecule has 0 radical (unpaired) electrons. The molecule has 4 aromatic rings. The maximum atomic E-state index is 13.7. The van der Waals surface area contributed by atoms with Crippen molar-refractivity contribution in [3.05, 3.63) is 68.8 Å². The van der Waals surface area contributed by atoms with Crippen LogP contribution in [0.3, 0.4) is 0 Å². The van der Waals surface area contributed by atoms with Crippen molar-refractivity contribution in [3.63, 3.8) is 0 Å². The fourth-order valence-electron chi connectivity index (χ4n) is 4.46. The summed E-state index contributed by atoms with van der Waals surface area (Å²) in [6.07, 6.45) is 1.51. The second-order valence-corrected chi connectivity index (χ2v) is 10.1. The maximum Gasteiger partial charge on any atom is 0.256 e. The van der Waals surface area contributed by atoms with Crippen LogP contribution in [0.5, 0.6) is 0 Å². The van der Waals surface area contributed by atoms with Gasteiger partial charge in [0, 0.05) is 35.7 Å². The monoisotopic (exact) mass is 543 g/mol. The van der Waals surface area contributed by atoms with E-state index in [4.69, 9.17) is 27.9 Å². The number of nitrogens with zero attached hydrogens (tertiary/aromatic N) is 2. The molecular weight excluding hydrogens is 520 g/mol. The standard InChI is InChI=1S/C26H24Cl2FN5O3/c1-26(2,34-7-9-37-10-8-34)25(36)31-15-3-4-20-17(13-15)21-16(5-6-30-24(21)35)23(32-20)33-22-18(27)11-14(29)12-19(22)28/h3-6,11-13H,7-10H2,1-2H3,(H,30,35)(H,31,36)(H,32,33). The molecular formula is C26H24Cl2FN5O3. The summed E-state index contributed by atoms with van der Waals surface area (Å²) in [5, 5.41) is 7.61. The molecule has 0 aliphatic carbocycles. The molecule has 1 amide bonds. The van der Waals surface area contributed by atoms with Gasteiger partial charge in [-0.05, 0) is 50.2 Å². The van der Waals surface area contributed by atoms with E-state index in [-0.39, 0.29) is 27.2 Å². The van der Waals surface area contributed by atoms with Crippen molar-refractivity contribution in [3.8, 4) is 0 Å². The molecule has 0 saturated carbocycles. The van der Waals surface area contributed by atoms with Crippen molar-refractivity contribution in [1.82, 2.24) is 14.9 Å². The minimum atomic E-state index is -0.752. The lowest BCUT2D eigenvalue weighted by Gasteiger charge is -2.39. The molecule has 1 fully saturated rings. The number of amides is 1. The fraction of sp³-hybridized carbons (Fsp3) is 0.269. The minimum Gasteiger partial charge on any atom is -0.379 e. The molecule has 0 bridgehead atoms. The van der Waals surface area contributed by atoms with Crippen molar-refractivity contribution in [1.29, 1.82) is 0 Å². The van der Waals surface area contributed by atoms with Crippen LogP contribution in [0.1, 0.15) is 13.8 Å². The molecule has 0 spiro atoms. The van der Waals surface area contributed by atoms with E-state index in [1.807, 2.05) is 13.8 Å². The average molecular weight is 544 g/mol. The third kappa shape index (κ3) is 4.87. The molecule has 8 nitrogen and oxygen atoms in total. The Kier molecular flexibility index (Phi) is 6.80. The maximum absolute atomic E-state index is 13.7. The second kappa shape index (κ2) is 9.90. The van der Waals surface area contributed by atoms with Gasteiger partial charge in [0.05, 0.1) is 45.4 Å². The van der Waals surface area contributed by atoms with Crippen LogP contribution in [0.25, 0.3) is 21.7 Å². The molecule has 1 aliphatic heterocycles. The van der Waals surface area contributed by atoms with Crippen LogP contribution in [0, 0.1) is 5.82 Å². The van der Waals surface area contributed by atoms with E-state index in [0.29, 0.717) is 59.5 Å². The highest BCUT2D eigenvalue weighted by Gasteiger charge is 2.35. The zero-order valence-electron chi connectivity index (χ0n) is 20.1. The third-order valence-electron chi connectivity index (χ3n) is 6.58. The number of halogens is 3. The number of fused-ring (bicyclic) bond motifs is 3. The Morgan fingerprint density at radius 1 is 1.11 bits per heavy atom. The van der Waals surface area contributed by atoms with Gasteiger partial charge in [-0.2, -0.15) is 0 Å². The topological polar surface area (TPSA) is 99.3 Å². The molecule has 5 rings (SSSR count). The number of ether oxygens (including phenoxy) is 1. The number of H-pyrrole nitrogens is 1. The highest BCUT2D eigenvalue weighted by molar-refractivity contribution is 6.39. The largest absolute Gasteiger partial charge is 0.379 e. The smallest absolute Gasteiger partial charge is 0.256 e. The Balaban J connectivity index is 1.55. The van der Waals surface area contributed by atoms with Crippen molar-refractivity contribution < 1.29 is 13.9 Å². The number of rotatable bonds is 5. The summed E-state index contributed by atoms with van der Waals surface area (Å²) in [5.41, 5.74) is 0.230. The Morgan fingerprint density at radius 3 is 2.51 bits per heavy atom. The second-order valence-electron chi connectivity index (χ2n) is 9.27. The lowest BCUT2D eigenvalue weighted by Crippen LogP contribution is -2.56. The van der Waals surface area contributed by atoms with E-state index in [9.17, 15) is 14.0 Å². The third-order valence-corrected chi connectivity index (χ3v) is 7.18. The average Bonchev–Trinajstić information content (AvgIpc) is 2.86. The first-order valence-electron chi connectivity index (χ1n) is 11.7. The van der Waals surface area contributed by atoms with E-state index in [2.05, 4.69) is 25.5 Å². The quantitative estimate of drug-likeness (QED) is 0.295. The Labute approximate surface area is 221 Å². The summed E-state index contributed by atoms with van der Waals surface area (Å²) in [5.74, 6) is -0.409. The highest BCUT2D eigenvalue weighted by atomic mass is 35.5. The molecule has 0 unspecified atom stereocenters. The number of pyridine rings is 2. The molecule has 192 valence electrons. The summed E-state index contributed by atoms with van der Waals surface area (Å²) in [7, 11) is 0. The number of nitrogens with one attached hydrogen (secondary N) is 3. The van der Waals surface area contributed by atoms with Gasteiger partial charge < -0.3 is 20.4 Å². The number of aromatic nitrogens is 2. The molecule has 0 atom stereocenters. The molecule has 2 aromatic carbocycles. The van der Waals surface area contributed by atoms with Crippen LogP contribution in [0.15, 0.2) is 47.4 Å². The molecule has 3 heterocycles.